The molecule has 2 N–H and O–H groups in total. The van der Waals surface area contributed by atoms with Crippen LogP contribution in [0.2, 0.25) is 0 Å². The molecular formula is C19H27N3O2S. The van der Waals surface area contributed by atoms with E-state index in [1.165, 1.54) is 5.56 Å². The first kappa shape index (κ1) is 18.3. The first-order valence-corrected chi connectivity index (χ1v) is 10.3. The Morgan fingerprint density at radius 1 is 1.28 bits per heavy atom. The number of hydrogen-bond donors (Lipinski definition) is 2. The third-order valence-corrected chi connectivity index (χ3v) is 5.94. The summed E-state index contributed by atoms with van der Waals surface area (Å²) in [5.74, 6) is 2.41. The van der Waals surface area contributed by atoms with E-state index in [-0.39, 0.29) is 23.9 Å². The smallest absolute Gasteiger partial charge is 0.222 e. The Bertz CT molecular complexity index is 575. The molecule has 0 aliphatic carbocycles. The van der Waals surface area contributed by atoms with E-state index in [4.69, 9.17) is 0 Å². The molecule has 0 spiro atoms. The van der Waals surface area contributed by atoms with Gasteiger partial charge in [-0.1, -0.05) is 30.3 Å². The number of benzene rings is 1. The lowest BCUT2D eigenvalue weighted by atomic mass is 10.1. The molecule has 2 heterocycles. The number of amides is 2. The van der Waals surface area contributed by atoms with Gasteiger partial charge < -0.3 is 15.5 Å². The van der Waals surface area contributed by atoms with Gasteiger partial charge in [-0.15, -0.1) is 0 Å². The highest BCUT2D eigenvalue weighted by atomic mass is 32.2. The van der Waals surface area contributed by atoms with E-state index in [2.05, 4.69) is 22.8 Å². The Hall–Kier alpha value is -1.53. The molecule has 25 heavy (non-hydrogen) atoms. The number of carbonyl (C=O) groups excluding carboxylic acids is 2. The van der Waals surface area contributed by atoms with Gasteiger partial charge in [0.2, 0.25) is 11.8 Å². The monoisotopic (exact) mass is 361 g/mol. The third-order valence-electron chi connectivity index (χ3n) is 4.81. The van der Waals surface area contributed by atoms with E-state index in [0.717, 1.165) is 37.4 Å². The van der Waals surface area contributed by atoms with Crippen LogP contribution in [0.4, 0.5) is 0 Å². The highest BCUT2D eigenvalue weighted by Gasteiger charge is 2.27. The van der Waals surface area contributed by atoms with E-state index in [1.54, 1.807) is 0 Å². The molecule has 6 heteroatoms. The standard InChI is InChI=1S/C19H27N3O2S/c23-18(12-17-14-25-11-9-20-17)21-16-8-10-22(13-16)19(24)7-6-15-4-2-1-3-5-15/h1-5,16-17,20H,6-14H2,(H,21,23). The van der Waals surface area contributed by atoms with Gasteiger partial charge in [0.1, 0.15) is 0 Å². The van der Waals surface area contributed by atoms with Crippen molar-refractivity contribution < 1.29 is 9.59 Å². The summed E-state index contributed by atoms with van der Waals surface area (Å²) >= 11 is 1.90. The van der Waals surface area contributed by atoms with Gasteiger partial charge in [0.15, 0.2) is 0 Å². The largest absolute Gasteiger partial charge is 0.351 e. The van der Waals surface area contributed by atoms with E-state index in [9.17, 15) is 9.59 Å². The second-order valence-corrected chi connectivity index (χ2v) is 7.96. The number of hydrogen-bond acceptors (Lipinski definition) is 4. The van der Waals surface area contributed by atoms with Crippen molar-refractivity contribution in [2.75, 3.05) is 31.1 Å². The number of rotatable bonds is 6. The number of thioether (sulfide) groups is 1. The summed E-state index contributed by atoms with van der Waals surface area (Å²) in [5, 5.41) is 6.49. The van der Waals surface area contributed by atoms with Crippen LogP contribution in [-0.2, 0) is 16.0 Å². The van der Waals surface area contributed by atoms with Crippen molar-refractivity contribution in [3.8, 4) is 0 Å². The minimum absolute atomic E-state index is 0.101. The Kier molecular flexibility index (Phi) is 6.76. The summed E-state index contributed by atoms with van der Waals surface area (Å²) < 4.78 is 0. The summed E-state index contributed by atoms with van der Waals surface area (Å²) in [7, 11) is 0. The number of nitrogens with zero attached hydrogens (tertiary/aromatic N) is 1. The van der Waals surface area contributed by atoms with Crippen molar-refractivity contribution >= 4 is 23.6 Å². The van der Waals surface area contributed by atoms with Crippen molar-refractivity contribution in [3.05, 3.63) is 35.9 Å². The molecule has 1 aromatic rings. The normalized spacial score (nSPS) is 23.4. The Morgan fingerprint density at radius 3 is 2.88 bits per heavy atom. The summed E-state index contributed by atoms with van der Waals surface area (Å²) in [6.45, 7) is 2.37. The van der Waals surface area contributed by atoms with Crippen molar-refractivity contribution in [2.24, 2.45) is 0 Å². The van der Waals surface area contributed by atoms with Crippen LogP contribution >= 0.6 is 11.8 Å². The number of carbonyl (C=O) groups is 2. The highest BCUT2D eigenvalue weighted by Crippen LogP contribution is 2.14. The van der Waals surface area contributed by atoms with Gasteiger partial charge in [-0.2, -0.15) is 11.8 Å². The maximum absolute atomic E-state index is 12.4. The van der Waals surface area contributed by atoms with Crippen LogP contribution in [0.5, 0.6) is 0 Å². The molecule has 0 radical (unpaired) electrons. The number of aryl methyl sites for hydroxylation is 1. The van der Waals surface area contributed by atoms with E-state index in [1.807, 2.05) is 34.9 Å². The van der Waals surface area contributed by atoms with Crippen molar-refractivity contribution in [3.63, 3.8) is 0 Å². The third kappa shape index (κ3) is 5.75. The quantitative estimate of drug-likeness (QED) is 0.805. The molecule has 0 aromatic heterocycles. The van der Waals surface area contributed by atoms with Gasteiger partial charge in [-0.05, 0) is 18.4 Å². The molecule has 2 amide bonds. The fraction of sp³-hybridized carbons (Fsp3) is 0.579. The molecule has 0 bridgehead atoms. The Labute approximate surface area is 153 Å². The minimum atomic E-state index is 0.101. The molecule has 1 aromatic carbocycles. The molecular weight excluding hydrogens is 334 g/mol. The average molecular weight is 362 g/mol. The molecule has 2 saturated heterocycles. The summed E-state index contributed by atoms with van der Waals surface area (Å²) in [4.78, 5) is 26.4. The van der Waals surface area contributed by atoms with E-state index < -0.39 is 0 Å². The molecule has 2 aliphatic rings. The second-order valence-electron chi connectivity index (χ2n) is 6.81. The van der Waals surface area contributed by atoms with E-state index >= 15 is 0 Å². The summed E-state index contributed by atoms with van der Waals surface area (Å²) in [6, 6.07) is 10.5. The van der Waals surface area contributed by atoms with Gasteiger partial charge in [0, 0.05) is 56.1 Å². The zero-order valence-electron chi connectivity index (χ0n) is 14.6. The van der Waals surface area contributed by atoms with Crippen LogP contribution in [0.15, 0.2) is 30.3 Å². The van der Waals surface area contributed by atoms with Gasteiger partial charge in [0.25, 0.3) is 0 Å². The topological polar surface area (TPSA) is 61.4 Å². The maximum Gasteiger partial charge on any atom is 0.222 e. The molecule has 136 valence electrons. The highest BCUT2D eigenvalue weighted by molar-refractivity contribution is 7.99. The molecule has 2 unspecified atom stereocenters. The SMILES string of the molecule is O=C(CC1CSCCN1)NC1CCN(C(=O)CCc2ccccc2)C1. The van der Waals surface area contributed by atoms with E-state index in [0.29, 0.717) is 19.4 Å². The van der Waals surface area contributed by atoms with Gasteiger partial charge in [-0.3, -0.25) is 9.59 Å². The van der Waals surface area contributed by atoms with Crippen LogP contribution in [0.25, 0.3) is 0 Å². The van der Waals surface area contributed by atoms with Crippen molar-refractivity contribution in [2.45, 2.75) is 37.8 Å². The molecule has 0 saturated carbocycles. The molecule has 2 aliphatic heterocycles. The van der Waals surface area contributed by atoms with Gasteiger partial charge in [0.05, 0.1) is 0 Å². The average Bonchev–Trinajstić information content (AvgIpc) is 3.10. The first-order chi connectivity index (χ1) is 12.2. The zero-order valence-corrected chi connectivity index (χ0v) is 15.4. The van der Waals surface area contributed by atoms with Crippen LogP contribution in [0, 0.1) is 0 Å². The first-order valence-electron chi connectivity index (χ1n) is 9.13. The fourth-order valence-corrected chi connectivity index (χ4v) is 4.37. The Balaban J connectivity index is 1.37. The van der Waals surface area contributed by atoms with Crippen LogP contribution < -0.4 is 10.6 Å². The molecule has 2 atom stereocenters. The van der Waals surface area contributed by atoms with Crippen molar-refractivity contribution in [1.82, 2.24) is 15.5 Å². The lowest BCUT2D eigenvalue weighted by Crippen LogP contribution is -2.44. The van der Waals surface area contributed by atoms with Crippen LogP contribution in [-0.4, -0.2) is 59.9 Å². The molecule has 3 rings (SSSR count). The second kappa shape index (κ2) is 9.25. The maximum atomic E-state index is 12.4. The summed E-state index contributed by atoms with van der Waals surface area (Å²) in [6.07, 6.45) is 2.70. The van der Waals surface area contributed by atoms with Gasteiger partial charge in [-0.25, -0.2) is 0 Å². The van der Waals surface area contributed by atoms with Crippen LogP contribution in [0.1, 0.15) is 24.8 Å². The molecule has 5 nitrogen and oxygen atoms in total. The lowest BCUT2D eigenvalue weighted by molar-refractivity contribution is -0.130. The lowest BCUT2D eigenvalue weighted by Gasteiger charge is -2.23. The van der Waals surface area contributed by atoms with Gasteiger partial charge >= 0.3 is 0 Å². The fourth-order valence-electron chi connectivity index (χ4n) is 3.42. The number of likely N-dealkylation sites (tertiary alicyclic amines) is 1. The Morgan fingerprint density at radius 2 is 2.12 bits per heavy atom. The minimum Gasteiger partial charge on any atom is -0.351 e. The molecule has 2 fully saturated rings. The van der Waals surface area contributed by atoms with Crippen molar-refractivity contribution in [1.29, 1.82) is 0 Å². The summed E-state index contributed by atoms with van der Waals surface area (Å²) in [5.41, 5.74) is 1.19. The predicted octanol–water partition coefficient (Wildman–Crippen LogP) is 1.43. The zero-order chi connectivity index (χ0) is 17.5. The predicted molar refractivity (Wildman–Crippen MR) is 102 cm³/mol. The number of nitrogens with one attached hydrogen (secondary N) is 2. The van der Waals surface area contributed by atoms with Crippen LogP contribution in [0.3, 0.4) is 0 Å².